The first kappa shape index (κ1) is 27.5. The zero-order valence-electron chi connectivity index (χ0n) is 21.9. The van der Waals surface area contributed by atoms with E-state index in [0.717, 1.165) is 0 Å². The van der Waals surface area contributed by atoms with E-state index in [2.05, 4.69) is 20.6 Å². The second kappa shape index (κ2) is 11.3. The number of benzene rings is 2. The van der Waals surface area contributed by atoms with Crippen LogP contribution in [0.15, 0.2) is 60.9 Å². The van der Waals surface area contributed by atoms with Crippen molar-refractivity contribution in [3.8, 4) is 22.5 Å². The predicted molar refractivity (Wildman–Crippen MR) is 140 cm³/mol. The van der Waals surface area contributed by atoms with Crippen LogP contribution in [-0.4, -0.2) is 87.5 Å². The lowest BCUT2D eigenvalue weighted by Crippen LogP contribution is -2.60. The SMILES string of the molecule is OC[C@H]1O[C@@H](C2CCC[C@H](n3cc(-c4cccc(F)c4)nn3)[C@H]2O)[C@H](O)[C@@H](n2cc(-c3cccc(F)c3)nn2)[C@H]1O. The summed E-state index contributed by atoms with van der Waals surface area (Å²) in [6.45, 7) is -0.529. The van der Waals surface area contributed by atoms with Crippen molar-refractivity contribution in [2.75, 3.05) is 6.61 Å². The summed E-state index contributed by atoms with van der Waals surface area (Å²) in [5.41, 5.74) is 1.82. The lowest BCUT2D eigenvalue weighted by molar-refractivity contribution is -0.233. The quantitative estimate of drug-likeness (QED) is 0.273. The van der Waals surface area contributed by atoms with Crippen molar-refractivity contribution in [3.63, 3.8) is 0 Å². The molecule has 6 rings (SSSR count). The maximum atomic E-state index is 13.8. The minimum absolute atomic E-state index is 0.338. The maximum Gasteiger partial charge on any atom is 0.123 e. The predicted octanol–water partition coefficient (Wildman–Crippen LogP) is 1.91. The lowest BCUT2D eigenvalue weighted by Gasteiger charge is -2.47. The normalized spacial score (nSPS) is 30.4. The van der Waals surface area contributed by atoms with Crippen molar-refractivity contribution >= 4 is 0 Å². The average molecular weight is 569 g/mol. The fraction of sp³-hybridized carbons (Fsp3) is 0.429. The molecule has 2 aromatic heterocycles. The number of aromatic nitrogens is 6. The van der Waals surface area contributed by atoms with E-state index in [0.29, 0.717) is 41.8 Å². The topological polar surface area (TPSA) is 152 Å². The second-order valence-electron chi connectivity index (χ2n) is 10.6. The van der Waals surface area contributed by atoms with Gasteiger partial charge in [0.1, 0.15) is 47.4 Å². The molecule has 0 spiro atoms. The van der Waals surface area contributed by atoms with Crippen LogP contribution in [0.1, 0.15) is 31.3 Å². The molecule has 0 radical (unpaired) electrons. The Hall–Kier alpha value is -3.62. The molecule has 1 aliphatic carbocycles. The molecule has 3 heterocycles. The van der Waals surface area contributed by atoms with E-state index in [1.165, 1.54) is 41.2 Å². The van der Waals surface area contributed by atoms with Gasteiger partial charge in [-0.3, -0.25) is 0 Å². The third-order valence-electron chi connectivity index (χ3n) is 8.13. The Labute approximate surface area is 233 Å². The molecule has 1 saturated carbocycles. The minimum atomic E-state index is -1.34. The molecule has 2 aliphatic rings. The molecule has 1 unspecified atom stereocenters. The number of aliphatic hydroxyl groups excluding tert-OH is 4. The van der Waals surface area contributed by atoms with Gasteiger partial charge in [-0.2, -0.15) is 0 Å². The van der Waals surface area contributed by atoms with Crippen molar-refractivity contribution in [1.29, 1.82) is 0 Å². The van der Waals surface area contributed by atoms with E-state index in [1.54, 1.807) is 29.1 Å². The van der Waals surface area contributed by atoms with Crippen LogP contribution in [0.3, 0.4) is 0 Å². The Bertz CT molecular complexity index is 1500. The van der Waals surface area contributed by atoms with E-state index in [4.69, 9.17) is 4.74 Å². The Morgan fingerprint density at radius 1 is 0.805 bits per heavy atom. The fourth-order valence-electron chi connectivity index (χ4n) is 6.06. The van der Waals surface area contributed by atoms with Crippen LogP contribution in [0.5, 0.6) is 0 Å². The number of hydrogen-bond donors (Lipinski definition) is 4. The zero-order chi connectivity index (χ0) is 28.7. The number of hydrogen-bond acceptors (Lipinski definition) is 9. The summed E-state index contributed by atoms with van der Waals surface area (Å²) in [6.07, 6.45) is -0.792. The van der Waals surface area contributed by atoms with Crippen LogP contribution in [0.25, 0.3) is 22.5 Å². The molecule has 216 valence electrons. The van der Waals surface area contributed by atoms with Crippen molar-refractivity contribution in [1.82, 2.24) is 30.0 Å². The van der Waals surface area contributed by atoms with Crippen molar-refractivity contribution < 1.29 is 33.9 Å². The molecule has 13 heteroatoms. The molecule has 8 atom stereocenters. The first-order chi connectivity index (χ1) is 19.8. The van der Waals surface area contributed by atoms with Gasteiger partial charge in [0.2, 0.25) is 0 Å². The Morgan fingerprint density at radius 3 is 2.02 bits per heavy atom. The lowest BCUT2D eigenvalue weighted by atomic mass is 9.75. The minimum Gasteiger partial charge on any atom is -0.394 e. The summed E-state index contributed by atoms with van der Waals surface area (Å²) < 4.78 is 36.3. The molecule has 1 aliphatic heterocycles. The van der Waals surface area contributed by atoms with Crippen LogP contribution < -0.4 is 0 Å². The van der Waals surface area contributed by atoms with Gasteiger partial charge in [-0.15, -0.1) is 10.2 Å². The highest BCUT2D eigenvalue weighted by Crippen LogP contribution is 2.42. The molecule has 4 N–H and O–H groups in total. The van der Waals surface area contributed by atoms with Gasteiger partial charge in [-0.05, 0) is 37.1 Å². The van der Waals surface area contributed by atoms with Gasteiger partial charge < -0.3 is 25.2 Å². The van der Waals surface area contributed by atoms with E-state index in [9.17, 15) is 29.2 Å². The van der Waals surface area contributed by atoms with Crippen LogP contribution in [0, 0.1) is 17.6 Å². The smallest absolute Gasteiger partial charge is 0.123 e. The molecule has 4 aromatic rings. The summed E-state index contributed by atoms with van der Waals surface area (Å²) in [5.74, 6) is -1.43. The third-order valence-corrected chi connectivity index (χ3v) is 8.13. The molecule has 1 saturated heterocycles. The standard InChI is InChI=1S/C28H30F2N6O5/c29-17-6-1-4-15(10-17)20-12-35(33-31-20)22-9-3-8-19(25(22)38)28-27(40)24(26(39)23(14-37)41-28)36-13-21(32-34-36)16-5-2-7-18(30)11-16/h1-2,4-7,10-13,19,22-28,37-40H,3,8-9,14H2/t19?,22-,23+,24-,25-,26-,27+,28-/m0/s1. The number of halogens is 2. The Balaban J connectivity index is 1.25. The molecular weight excluding hydrogens is 538 g/mol. The number of ether oxygens (including phenoxy) is 1. The van der Waals surface area contributed by atoms with E-state index in [-0.39, 0.29) is 0 Å². The number of nitrogens with zero attached hydrogens (tertiary/aromatic N) is 6. The average Bonchev–Trinajstić information content (AvgIpc) is 3.65. The van der Waals surface area contributed by atoms with E-state index >= 15 is 0 Å². The van der Waals surface area contributed by atoms with E-state index < -0.39 is 66.8 Å². The van der Waals surface area contributed by atoms with Crippen LogP contribution in [0.4, 0.5) is 8.78 Å². The number of aliphatic hydroxyl groups is 4. The van der Waals surface area contributed by atoms with Gasteiger partial charge in [-0.1, -0.05) is 41.1 Å². The largest absolute Gasteiger partial charge is 0.394 e. The van der Waals surface area contributed by atoms with Crippen LogP contribution in [-0.2, 0) is 4.74 Å². The summed E-state index contributed by atoms with van der Waals surface area (Å²) >= 11 is 0. The van der Waals surface area contributed by atoms with Crippen molar-refractivity contribution in [2.45, 2.75) is 61.9 Å². The van der Waals surface area contributed by atoms with Gasteiger partial charge in [0, 0.05) is 17.0 Å². The summed E-state index contributed by atoms with van der Waals surface area (Å²) in [5, 5.41) is 60.5. The van der Waals surface area contributed by atoms with Crippen LogP contribution >= 0.6 is 0 Å². The summed E-state index contributed by atoms with van der Waals surface area (Å²) in [4.78, 5) is 0. The van der Waals surface area contributed by atoms with Crippen molar-refractivity contribution in [2.24, 2.45) is 5.92 Å². The van der Waals surface area contributed by atoms with Crippen LogP contribution in [0.2, 0.25) is 0 Å². The van der Waals surface area contributed by atoms with E-state index in [1.807, 2.05) is 0 Å². The second-order valence-corrected chi connectivity index (χ2v) is 10.6. The fourth-order valence-corrected chi connectivity index (χ4v) is 6.06. The first-order valence-corrected chi connectivity index (χ1v) is 13.5. The maximum absolute atomic E-state index is 13.8. The van der Waals surface area contributed by atoms with Gasteiger partial charge in [0.05, 0.1) is 37.3 Å². The highest BCUT2D eigenvalue weighted by atomic mass is 19.1. The molecule has 2 aromatic carbocycles. The van der Waals surface area contributed by atoms with Gasteiger partial charge >= 0.3 is 0 Å². The Kier molecular flexibility index (Phi) is 7.62. The first-order valence-electron chi connectivity index (χ1n) is 13.5. The molecule has 0 bridgehead atoms. The third kappa shape index (κ3) is 5.26. The molecular formula is C28H30F2N6O5. The highest BCUT2D eigenvalue weighted by Gasteiger charge is 2.51. The molecule has 0 amide bonds. The van der Waals surface area contributed by atoms with Gasteiger partial charge in [0.15, 0.2) is 0 Å². The zero-order valence-corrected chi connectivity index (χ0v) is 21.9. The van der Waals surface area contributed by atoms with Gasteiger partial charge in [0.25, 0.3) is 0 Å². The number of rotatable bonds is 6. The van der Waals surface area contributed by atoms with Gasteiger partial charge in [-0.25, -0.2) is 18.1 Å². The van der Waals surface area contributed by atoms with Crippen molar-refractivity contribution in [3.05, 3.63) is 72.6 Å². The molecule has 11 nitrogen and oxygen atoms in total. The Morgan fingerprint density at radius 2 is 1.41 bits per heavy atom. The monoisotopic (exact) mass is 568 g/mol. The summed E-state index contributed by atoms with van der Waals surface area (Å²) in [7, 11) is 0. The molecule has 41 heavy (non-hydrogen) atoms. The molecule has 2 fully saturated rings. The highest BCUT2D eigenvalue weighted by molar-refractivity contribution is 5.58. The summed E-state index contributed by atoms with van der Waals surface area (Å²) in [6, 6.07) is 10.2.